The third kappa shape index (κ3) is 3.84. The van der Waals surface area contributed by atoms with Crippen molar-refractivity contribution in [2.45, 2.75) is 39.2 Å². The zero-order valence-corrected chi connectivity index (χ0v) is 19.1. The number of nitrogens with zero attached hydrogens (tertiary/aromatic N) is 2. The fourth-order valence-corrected chi connectivity index (χ4v) is 5.54. The Kier molecular flexibility index (Phi) is 5.57. The molecular formula is C24H27N5O2S. The molecule has 0 radical (unpaired) electrons. The van der Waals surface area contributed by atoms with Gasteiger partial charge in [0.05, 0.1) is 22.4 Å². The summed E-state index contributed by atoms with van der Waals surface area (Å²) in [5.41, 5.74) is 3.32. The minimum absolute atomic E-state index is 0.0978. The molecule has 2 aromatic heterocycles. The van der Waals surface area contributed by atoms with Crippen molar-refractivity contribution >= 4 is 50.6 Å². The van der Waals surface area contributed by atoms with E-state index in [1.54, 1.807) is 11.1 Å². The van der Waals surface area contributed by atoms with Gasteiger partial charge >= 0.3 is 6.03 Å². The van der Waals surface area contributed by atoms with Gasteiger partial charge in [-0.1, -0.05) is 26.0 Å². The lowest BCUT2D eigenvalue weighted by Crippen LogP contribution is -2.45. The van der Waals surface area contributed by atoms with Crippen LogP contribution in [0.15, 0.2) is 36.5 Å². The normalized spacial score (nSPS) is 18.2. The third-order valence-electron chi connectivity index (χ3n) is 5.90. The number of nitrogens with one attached hydrogen (secondary N) is 3. The molecule has 1 aromatic carbocycles. The quantitative estimate of drug-likeness (QED) is 0.529. The van der Waals surface area contributed by atoms with Crippen LogP contribution in [-0.2, 0) is 6.42 Å². The van der Waals surface area contributed by atoms with E-state index in [2.05, 4.69) is 46.9 Å². The van der Waals surface area contributed by atoms with Gasteiger partial charge in [-0.2, -0.15) is 0 Å². The lowest BCUT2D eigenvalue weighted by atomic mass is 10.0. The molecule has 3 N–H and O–H groups in total. The molecule has 1 atom stereocenters. The summed E-state index contributed by atoms with van der Waals surface area (Å²) < 4.78 is 0. The highest BCUT2D eigenvalue weighted by molar-refractivity contribution is 7.21. The molecule has 0 saturated carbocycles. The fourth-order valence-electron chi connectivity index (χ4n) is 4.52. The second-order valence-corrected chi connectivity index (χ2v) is 9.87. The van der Waals surface area contributed by atoms with Crippen LogP contribution in [-0.4, -0.2) is 36.1 Å². The third-order valence-corrected chi connectivity index (χ3v) is 6.99. The van der Waals surface area contributed by atoms with E-state index in [1.807, 2.05) is 18.2 Å². The number of carbonyl (C=O) groups excluding carboxylic acids is 2. The Morgan fingerprint density at radius 2 is 2.22 bits per heavy atom. The zero-order valence-electron chi connectivity index (χ0n) is 18.3. The fraction of sp³-hybridized carbons (Fsp3) is 0.375. The lowest BCUT2D eigenvalue weighted by Gasteiger charge is -2.29. The number of pyridine rings is 1. The molecule has 0 unspecified atom stereocenters. The van der Waals surface area contributed by atoms with Gasteiger partial charge in [0.25, 0.3) is 5.91 Å². The molecule has 0 bridgehead atoms. The van der Waals surface area contributed by atoms with Crippen molar-refractivity contribution in [3.05, 3.63) is 47.0 Å². The Morgan fingerprint density at radius 3 is 3.00 bits per heavy atom. The summed E-state index contributed by atoms with van der Waals surface area (Å²) >= 11 is 1.33. The van der Waals surface area contributed by atoms with Gasteiger partial charge in [-0.3, -0.25) is 9.69 Å². The second kappa shape index (κ2) is 8.52. The van der Waals surface area contributed by atoms with Gasteiger partial charge in [0, 0.05) is 18.8 Å². The molecule has 2 aliphatic rings. The zero-order chi connectivity index (χ0) is 22.2. The molecule has 3 aromatic rings. The largest absolute Gasteiger partial charge is 0.347 e. The minimum atomic E-state index is -0.265. The first-order valence-corrected chi connectivity index (χ1v) is 12.0. The molecule has 166 valence electrons. The van der Waals surface area contributed by atoms with Crippen LogP contribution in [0.4, 0.5) is 21.9 Å². The maximum atomic E-state index is 13.3. The van der Waals surface area contributed by atoms with E-state index in [1.165, 1.54) is 16.9 Å². The van der Waals surface area contributed by atoms with Gasteiger partial charge < -0.3 is 16.0 Å². The average molecular weight is 450 g/mol. The van der Waals surface area contributed by atoms with Gasteiger partial charge in [-0.25, -0.2) is 9.78 Å². The number of hydrogen-bond donors (Lipinski definition) is 3. The van der Waals surface area contributed by atoms with E-state index in [4.69, 9.17) is 0 Å². The molecule has 1 fully saturated rings. The van der Waals surface area contributed by atoms with Crippen molar-refractivity contribution < 1.29 is 9.59 Å². The molecule has 0 spiro atoms. The number of benzene rings is 1. The maximum absolute atomic E-state index is 13.3. The van der Waals surface area contributed by atoms with Gasteiger partial charge in [0.2, 0.25) is 0 Å². The first-order chi connectivity index (χ1) is 15.5. The summed E-state index contributed by atoms with van der Waals surface area (Å²) in [6.45, 7) is 6.11. The Balaban J connectivity index is 1.53. The van der Waals surface area contributed by atoms with Crippen LogP contribution in [0.2, 0.25) is 0 Å². The summed E-state index contributed by atoms with van der Waals surface area (Å²) in [7, 11) is 0. The molecule has 1 saturated heterocycles. The number of amides is 3. The van der Waals surface area contributed by atoms with Crippen LogP contribution in [0, 0.1) is 5.92 Å². The number of piperidine rings is 1. The Morgan fingerprint density at radius 1 is 1.34 bits per heavy atom. The van der Waals surface area contributed by atoms with E-state index in [0.29, 0.717) is 16.5 Å². The van der Waals surface area contributed by atoms with Crippen LogP contribution in [0.1, 0.15) is 41.9 Å². The molecule has 8 heteroatoms. The van der Waals surface area contributed by atoms with Crippen LogP contribution in [0.5, 0.6) is 0 Å². The lowest BCUT2D eigenvalue weighted by molar-refractivity contribution is 0.0935. The molecule has 4 heterocycles. The summed E-state index contributed by atoms with van der Waals surface area (Å²) in [6.07, 6.45) is 4.64. The van der Waals surface area contributed by atoms with Gasteiger partial charge in [-0.15, -0.1) is 11.3 Å². The minimum Gasteiger partial charge on any atom is -0.347 e. The highest BCUT2D eigenvalue weighted by Crippen LogP contribution is 2.45. The van der Waals surface area contributed by atoms with Crippen molar-refractivity contribution in [1.82, 2.24) is 15.6 Å². The molecule has 2 aliphatic heterocycles. The number of rotatable bonds is 5. The first-order valence-electron chi connectivity index (χ1n) is 11.1. The van der Waals surface area contributed by atoms with E-state index >= 15 is 0 Å². The second-order valence-electron chi connectivity index (χ2n) is 8.87. The molecule has 5 rings (SSSR count). The van der Waals surface area contributed by atoms with Gasteiger partial charge in [0.15, 0.2) is 0 Å². The van der Waals surface area contributed by atoms with Crippen LogP contribution >= 0.6 is 11.3 Å². The monoisotopic (exact) mass is 449 g/mol. The first kappa shape index (κ1) is 20.9. The molecule has 3 amide bonds. The highest BCUT2D eigenvalue weighted by Gasteiger charge is 2.33. The Bertz CT molecular complexity index is 1180. The van der Waals surface area contributed by atoms with E-state index < -0.39 is 0 Å². The van der Waals surface area contributed by atoms with Crippen LogP contribution in [0.25, 0.3) is 10.2 Å². The van der Waals surface area contributed by atoms with Crippen molar-refractivity contribution in [2.75, 3.05) is 23.3 Å². The number of thiophene rings is 1. The summed E-state index contributed by atoms with van der Waals surface area (Å²) in [5.74, 6) is 0.368. The van der Waals surface area contributed by atoms with E-state index in [-0.39, 0.29) is 18.0 Å². The van der Waals surface area contributed by atoms with Crippen molar-refractivity contribution in [2.24, 2.45) is 5.92 Å². The van der Waals surface area contributed by atoms with Crippen LogP contribution < -0.4 is 20.9 Å². The van der Waals surface area contributed by atoms with E-state index in [0.717, 1.165) is 53.9 Å². The maximum Gasteiger partial charge on any atom is 0.331 e. The number of aromatic nitrogens is 1. The Hall–Kier alpha value is -2.97. The summed E-state index contributed by atoms with van der Waals surface area (Å²) in [5, 5.41) is 10.2. The molecule has 32 heavy (non-hydrogen) atoms. The predicted octanol–water partition coefficient (Wildman–Crippen LogP) is 4.66. The topological polar surface area (TPSA) is 86.4 Å². The Labute approximate surface area is 191 Å². The average Bonchev–Trinajstić information content (AvgIpc) is 3.14. The van der Waals surface area contributed by atoms with Crippen molar-refractivity contribution in [3.8, 4) is 0 Å². The van der Waals surface area contributed by atoms with Gasteiger partial charge in [0.1, 0.15) is 9.71 Å². The SMILES string of the molecule is CC(C)Cc1cccc(N2C(=O)Nc3c(C(=O)N[C@@H]4CCCNC4)sc4nccc2c34)c1. The summed E-state index contributed by atoms with van der Waals surface area (Å²) in [6, 6.07) is 9.76. The smallest absolute Gasteiger partial charge is 0.331 e. The number of urea groups is 1. The number of anilines is 3. The van der Waals surface area contributed by atoms with Gasteiger partial charge in [-0.05, 0) is 55.5 Å². The van der Waals surface area contributed by atoms with Crippen molar-refractivity contribution in [1.29, 1.82) is 0 Å². The number of hydrogen-bond acceptors (Lipinski definition) is 5. The molecular weight excluding hydrogens is 422 g/mol. The highest BCUT2D eigenvalue weighted by atomic mass is 32.1. The van der Waals surface area contributed by atoms with Crippen molar-refractivity contribution in [3.63, 3.8) is 0 Å². The van der Waals surface area contributed by atoms with Crippen LogP contribution in [0.3, 0.4) is 0 Å². The number of carbonyl (C=O) groups is 2. The van der Waals surface area contributed by atoms with E-state index in [9.17, 15) is 9.59 Å². The summed E-state index contributed by atoms with van der Waals surface area (Å²) in [4.78, 5) is 33.8. The standard InChI is InChI=1S/C24H27N5O2S/c1-14(2)11-15-5-3-7-17(12-15)29-18-8-10-26-23-19(18)20(28-24(29)31)21(32-23)22(30)27-16-6-4-9-25-13-16/h3,5,7-8,10,12,14,16,25H,4,6,9,11,13H2,1-2H3,(H,27,30)(H,28,31)/t16-/m1/s1. The molecule has 7 nitrogen and oxygen atoms in total. The molecule has 0 aliphatic carbocycles. The predicted molar refractivity (Wildman–Crippen MR) is 129 cm³/mol.